The number of nitrogens with one attached hydrogen (secondary N) is 2. The molecule has 9 heteroatoms. The van der Waals surface area contributed by atoms with Gasteiger partial charge in [-0.1, -0.05) is 72.5 Å². The molecule has 2 atom stereocenters. The summed E-state index contributed by atoms with van der Waals surface area (Å²) in [6.07, 6.45) is 1.69. The Hall–Kier alpha value is -3.55. The van der Waals surface area contributed by atoms with E-state index < -0.39 is 23.1 Å². The van der Waals surface area contributed by atoms with Crippen LogP contribution in [-0.4, -0.2) is 69.0 Å². The molecule has 0 radical (unpaired) electrons. The molecule has 210 valence electrons. The Kier molecular flexibility index (Phi) is 10.8. The summed E-state index contributed by atoms with van der Waals surface area (Å²) in [5.41, 5.74) is 2.14. The predicted molar refractivity (Wildman–Crippen MR) is 156 cm³/mol. The van der Waals surface area contributed by atoms with E-state index in [0.717, 1.165) is 35.8 Å². The van der Waals surface area contributed by atoms with Gasteiger partial charge in [0.1, 0.15) is 0 Å². The van der Waals surface area contributed by atoms with Crippen molar-refractivity contribution >= 4 is 33.9 Å². The molecule has 4 rings (SSSR count). The molecule has 3 aromatic rings. The maximum absolute atomic E-state index is 12.4. The van der Waals surface area contributed by atoms with Crippen molar-refractivity contribution in [2.75, 3.05) is 39.3 Å². The van der Waals surface area contributed by atoms with E-state index in [4.69, 9.17) is 0 Å². The van der Waals surface area contributed by atoms with E-state index >= 15 is 0 Å². The fraction of sp³-hybridized carbons (Fsp3) is 0.355. The molecule has 2 unspecified atom stereocenters. The third kappa shape index (κ3) is 8.47. The zero-order chi connectivity index (χ0) is 28.3. The van der Waals surface area contributed by atoms with Crippen LogP contribution in [0, 0.1) is 17.8 Å². The number of carbonyl (C=O) groups excluding carboxylic acids is 2. The van der Waals surface area contributed by atoms with Gasteiger partial charge >= 0.3 is 0 Å². The molecule has 40 heavy (non-hydrogen) atoms. The molecule has 1 aliphatic rings. The van der Waals surface area contributed by atoms with Gasteiger partial charge in [0.2, 0.25) is 11.8 Å². The topological polar surface area (TPSA) is 105 Å². The van der Waals surface area contributed by atoms with Crippen molar-refractivity contribution in [1.82, 2.24) is 19.8 Å². The number of hydrogen-bond donors (Lipinski definition) is 2. The first kappa shape index (κ1) is 29.4. The molecule has 8 nitrogen and oxygen atoms in total. The fourth-order valence-electron chi connectivity index (χ4n) is 5.07. The summed E-state index contributed by atoms with van der Waals surface area (Å²) < 4.78 is 24.9. The summed E-state index contributed by atoms with van der Waals surface area (Å²) in [7, 11) is 0. The summed E-state index contributed by atoms with van der Waals surface area (Å²) >= 11 is -2.54. The van der Waals surface area contributed by atoms with Gasteiger partial charge in [-0.3, -0.25) is 18.7 Å². The quantitative estimate of drug-likeness (QED) is 0.294. The number of rotatable bonds is 10. The number of fused-ring (bicyclic) bond motifs is 1. The Labute approximate surface area is 238 Å². The standard InChI is InChI=1S/C31H36N4O4S/c1-24(28-15-7-13-27-12-5-6-14-29(27)28)34-19-16-26(17-20-34)22-35(40(38)39)23-31(37)33-21-30(36)32-18-8-11-25-9-3-2-4-10-25/h2-7,9-10,12-15,24,26H,16-23H2,1H3,(H,32,36)(H,33,37)(H,38,39)/p-1. The second-order valence-corrected chi connectivity index (χ2v) is 10.9. The first-order valence-corrected chi connectivity index (χ1v) is 14.6. The second kappa shape index (κ2) is 14.7. The van der Waals surface area contributed by atoms with Gasteiger partial charge in [-0.25, -0.2) is 4.31 Å². The van der Waals surface area contributed by atoms with Crippen molar-refractivity contribution in [3.63, 3.8) is 0 Å². The Bertz CT molecular complexity index is 1370. The Morgan fingerprint density at radius 3 is 2.45 bits per heavy atom. The van der Waals surface area contributed by atoms with Gasteiger partial charge in [-0.05, 0) is 67.2 Å². The third-order valence-electron chi connectivity index (χ3n) is 7.29. The van der Waals surface area contributed by atoms with Crippen LogP contribution in [-0.2, 0) is 20.9 Å². The Morgan fingerprint density at radius 2 is 1.70 bits per heavy atom. The van der Waals surface area contributed by atoms with Crippen molar-refractivity contribution < 1.29 is 18.4 Å². The molecule has 0 spiro atoms. The van der Waals surface area contributed by atoms with Crippen LogP contribution >= 0.6 is 0 Å². The molecular formula is C31H35N4O4S-. The van der Waals surface area contributed by atoms with Crippen molar-refractivity contribution in [3.8, 4) is 11.8 Å². The van der Waals surface area contributed by atoms with E-state index in [-0.39, 0.29) is 38.1 Å². The molecule has 0 aromatic heterocycles. The molecule has 1 fully saturated rings. The van der Waals surface area contributed by atoms with Gasteiger partial charge in [0.15, 0.2) is 0 Å². The average molecular weight is 560 g/mol. The van der Waals surface area contributed by atoms with Crippen LogP contribution in [0.2, 0.25) is 0 Å². The van der Waals surface area contributed by atoms with E-state index in [1.54, 1.807) is 0 Å². The first-order chi connectivity index (χ1) is 19.4. The molecule has 1 saturated heterocycles. The van der Waals surface area contributed by atoms with Crippen LogP contribution in [0.3, 0.4) is 0 Å². The smallest absolute Gasteiger partial charge is 0.240 e. The van der Waals surface area contributed by atoms with Crippen molar-refractivity contribution in [2.24, 2.45) is 5.92 Å². The molecule has 1 heterocycles. The van der Waals surface area contributed by atoms with Crippen LogP contribution in [0.1, 0.15) is 36.9 Å². The van der Waals surface area contributed by atoms with Crippen LogP contribution < -0.4 is 10.6 Å². The highest BCUT2D eigenvalue weighted by molar-refractivity contribution is 7.76. The number of piperidine rings is 1. The first-order valence-electron chi connectivity index (χ1n) is 13.5. The molecule has 2 N–H and O–H groups in total. The van der Waals surface area contributed by atoms with E-state index in [1.807, 2.05) is 36.4 Å². The summed E-state index contributed by atoms with van der Waals surface area (Å²) in [5, 5.41) is 7.60. The van der Waals surface area contributed by atoms with E-state index in [9.17, 15) is 18.4 Å². The number of benzene rings is 3. The van der Waals surface area contributed by atoms with Crippen LogP contribution in [0.5, 0.6) is 0 Å². The average Bonchev–Trinajstić information content (AvgIpc) is 2.98. The molecule has 0 saturated carbocycles. The van der Waals surface area contributed by atoms with Crippen molar-refractivity contribution in [2.45, 2.75) is 25.8 Å². The Balaban J connectivity index is 1.20. The molecule has 2 amide bonds. The van der Waals surface area contributed by atoms with E-state index in [2.05, 4.69) is 70.7 Å². The molecule has 0 bridgehead atoms. The monoisotopic (exact) mass is 559 g/mol. The normalized spacial score (nSPS) is 15.7. The Morgan fingerprint density at radius 1 is 1.00 bits per heavy atom. The van der Waals surface area contributed by atoms with E-state index in [0.29, 0.717) is 0 Å². The number of amides is 2. The lowest BCUT2D eigenvalue weighted by Gasteiger charge is -2.38. The molecule has 3 aromatic carbocycles. The van der Waals surface area contributed by atoms with Gasteiger partial charge in [0.25, 0.3) is 0 Å². The summed E-state index contributed by atoms with van der Waals surface area (Å²) in [6.45, 7) is 3.80. The van der Waals surface area contributed by atoms with Crippen LogP contribution in [0.25, 0.3) is 10.8 Å². The minimum atomic E-state index is -2.54. The highest BCUT2D eigenvalue weighted by Crippen LogP contribution is 2.31. The highest BCUT2D eigenvalue weighted by atomic mass is 32.2. The number of nitrogens with zero attached hydrogens (tertiary/aromatic N) is 2. The van der Waals surface area contributed by atoms with Crippen molar-refractivity contribution in [3.05, 3.63) is 83.9 Å². The minimum absolute atomic E-state index is 0.151. The molecule has 0 aliphatic carbocycles. The number of likely N-dealkylation sites (tertiary alicyclic amines) is 1. The van der Waals surface area contributed by atoms with Gasteiger partial charge < -0.3 is 15.2 Å². The highest BCUT2D eigenvalue weighted by Gasteiger charge is 2.26. The van der Waals surface area contributed by atoms with Crippen molar-refractivity contribution in [1.29, 1.82) is 0 Å². The van der Waals surface area contributed by atoms with Crippen LogP contribution in [0.15, 0.2) is 72.8 Å². The number of hydrogen-bond acceptors (Lipinski definition) is 5. The zero-order valence-corrected chi connectivity index (χ0v) is 23.5. The van der Waals surface area contributed by atoms with Gasteiger partial charge in [-0.2, -0.15) is 0 Å². The lowest BCUT2D eigenvalue weighted by molar-refractivity contribution is -0.126. The van der Waals surface area contributed by atoms with Crippen LogP contribution in [0.4, 0.5) is 0 Å². The summed E-state index contributed by atoms with van der Waals surface area (Å²) in [6, 6.07) is 24.4. The lowest BCUT2D eigenvalue weighted by Crippen LogP contribution is -2.45. The zero-order valence-electron chi connectivity index (χ0n) is 22.7. The van der Waals surface area contributed by atoms with Gasteiger partial charge in [0, 0.05) is 29.4 Å². The molecule has 1 aliphatic heterocycles. The van der Waals surface area contributed by atoms with E-state index in [1.165, 1.54) is 16.3 Å². The van der Waals surface area contributed by atoms with Gasteiger partial charge in [-0.15, -0.1) is 0 Å². The second-order valence-electron chi connectivity index (χ2n) is 9.98. The fourth-order valence-corrected chi connectivity index (χ4v) is 5.62. The third-order valence-corrected chi connectivity index (χ3v) is 7.99. The number of carbonyl (C=O) groups is 2. The minimum Gasteiger partial charge on any atom is -0.760 e. The largest absolute Gasteiger partial charge is 0.760 e. The summed E-state index contributed by atoms with van der Waals surface area (Å²) in [5.74, 6) is 5.04. The lowest BCUT2D eigenvalue weighted by atomic mass is 9.93. The molecular weight excluding hydrogens is 524 g/mol. The predicted octanol–water partition coefficient (Wildman–Crippen LogP) is 2.99. The SMILES string of the molecule is CC(c1cccc2ccccc12)N1CCC(CN(CC(=O)NCC(=O)NCC#Cc2ccccc2)S(=O)[O-])CC1. The maximum Gasteiger partial charge on any atom is 0.240 e. The summed E-state index contributed by atoms with van der Waals surface area (Å²) in [4.78, 5) is 26.8. The van der Waals surface area contributed by atoms with Gasteiger partial charge in [0.05, 0.1) is 19.6 Å². The maximum atomic E-state index is 12.4.